The van der Waals surface area contributed by atoms with Gasteiger partial charge >= 0.3 is 6.03 Å². The van der Waals surface area contributed by atoms with Crippen molar-refractivity contribution < 1.29 is 14.3 Å². The monoisotopic (exact) mass is 354 g/mol. The molecule has 26 heavy (non-hydrogen) atoms. The zero-order valence-electron chi connectivity index (χ0n) is 15.2. The molecule has 5 nitrogen and oxygen atoms in total. The molecule has 1 saturated heterocycles. The van der Waals surface area contributed by atoms with Gasteiger partial charge in [-0.3, -0.25) is 0 Å². The first-order valence-electron chi connectivity index (χ1n) is 9.11. The molecular weight excluding hydrogens is 328 g/mol. The van der Waals surface area contributed by atoms with Gasteiger partial charge in [-0.05, 0) is 37.0 Å². The summed E-state index contributed by atoms with van der Waals surface area (Å²) in [7, 11) is 1.79. The van der Waals surface area contributed by atoms with Crippen LogP contribution in [0.1, 0.15) is 24.8 Å². The van der Waals surface area contributed by atoms with Crippen LogP contribution in [0.2, 0.25) is 0 Å². The second kappa shape index (κ2) is 9.25. The highest BCUT2D eigenvalue weighted by molar-refractivity contribution is 5.89. The smallest absolute Gasteiger partial charge is 0.321 e. The minimum atomic E-state index is -0.139. The van der Waals surface area contributed by atoms with Crippen molar-refractivity contribution in [2.24, 2.45) is 0 Å². The normalized spacial score (nSPS) is 16.7. The minimum Gasteiger partial charge on any atom is -0.489 e. The number of ether oxygens (including phenoxy) is 2. The van der Waals surface area contributed by atoms with Crippen LogP contribution >= 0.6 is 0 Å². The lowest BCUT2D eigenvalue weighted by Crippen LogP contribution is -2.39. The van der Waals surface area contributed by atoms with E-state index in [1.54, 1.807) is 11.9 Å². The quantitative estimate of drug-likeness (QED) is 0.841. The summed E-state index contributed by atoms with van der Waals surface area (Å²) in [4.78, 5) is 14.1. The second-order valence-corrected chi connectivity index (χ2v) is 6.60. The van der Waals surface area contributed by atoms with Crippen molar-refractivity contribution in [3.8, 4) is 5.75 Å². The Bertz CT molecular complexity index is 699. The zero-order chi connectivity index (χ0) is 18.2. The Labute approximate surface area is 154 Å². The molecule has 0 bridgehead atoms. The number of nitrogens with one attached hydrogen (secondary N) is 1. The molecule has 138 valence electrons. The predicted octanol–water partition coefficient (Wildman–Crippen LogP) is 4.30. The molecular formula is C21H26N2O3. The average Bonchev–Trinajstić information content (AvgIpc) is 2.68. The van der Waals surface area contributed by atoms with E-state index in [1.807, 2.05) is 54.6 Å². The Hall–Kier alpha value is -2.53. The first-order chi connectivity index (χ1) is 12.7. The molecule has 1 aliphatic rings. The van der Waals surface area contributed by atoms with Crippen LogP contribution in [-0.2, 0) is 11.3 Å². The van der Waals surface area contributed by atoms with Crippen LogP contribution in [-0.4, -0.2) is 37.2 Å². The fourth-order valence-corrected chi connectivity index (χ4v) is 2.96. The van der Waals surface area contributed by atoms with Gasteiger partial charge < -0.3 is 19.7 Å². The summed E-state index contributed by atoms with van der Waals surface area (Å²) < 4.78 is 11.5. The van der Waals surface area contributed by atoms with Crippen LogP contribution < -0.4 is 10.1 Å². The number of likely N-dealkylation sites (N-methyl/N-ethyl adjacent to an activating group) is 1. The third-order valence-corrected chi connectivity index (χ3v) is 4.43. The van der Waals surface area contributed by atoms with Gasteiger partial charge in [-0.1, -0.05) is 36.4 Å². The lowest BCUT2D eigenvalue weighted by atomic mass is 10.1. The molecule has 3 rings (SSSR count). The molecule has 2 amide bonds. The molecule has 1 atom stereocenters. The zero-order valence-corrected chi connectivity index (χ0v) is 15.2. The van der Waals surface area contributed by atoms with E-state index in [1.165, 1.54) is 6.42 Å². The highest BCUT2D eigenvalue weighted by Gasteiger charge is 2.18. The molecule has 0 aliphatic carbocycles. The number of carbonyl (C=O) groups excluding carboxylic acids is 1. The number of nitrogens with zero attached hydrogens (tertiary/aromatic N) is 1. The first-order valence-corrected chi connectivity index (χ1v) is 9.11. The van der Waals surface area contributed by atoms with Crippen molar-refractivity contribution in [3.63, 3.8) is 0 Å². The van der Waals surface area contributed by atoms with Gasteiger partial charge in [0.25, 0.3) is 0 Å². The van der Waals surface area contributed by atoms with Gasteiger partial charge in [0.05, 0.1) is 6.10 Å². The summed E-state index contributed by atoms with van der Waals surface area (Å²) in [6, 6.07) is 17.3. The molecule has 1 fully saturated rings. The number of rotatable bonds is 6. The van der Waals surface area contributed by atoms with Crippen molar-refractivity contribution in [1.82, 2.24) is 4.90 Å². The maximum atomic E-state index is 12.4. The molecule has 0 spiro atoms. The summed E-state index contributed by atoms with van der Waals surface area (Å²) in [5.41, 5.74) is 1.83. The lowest BCUT2D eigenvalue weighted by Gasteiger charge is -2.27. The van der Waals surface area contributed by atoms with E-state index in [4.69, 9.17) is 9.47 Å². The molecule has 0 unspecified atom stereocenters. The highest BCUT2D eigenvalue weighted by atomic mass is 16.5. The fraction of sp³-hybridized carbons (Fsp3) is 0.381. The molecule has 1 aliphatic heterocycles. The standard InChI is InChI=1S/C21H26N2O3/c1-23(15-20-11-5-6-13-25-20)21(24)22-18-10-7-12-19(14-18)26-16-17-8-3-2-4-9-17/h2-4,7-10,12,14,20H,5-6,11,13,15-16H2,1H3,(H,22,24)/t20-/m0/s1. The fourth-order valence-electron chi connectivity index (χ4n) is 2.96. The highest BCUT2D eigenvalue weighted by Crippen LogP contribution is 2.19. The number of urea groups is 1. The van der Waals surface area contributed by atoms with E-state index < -0.39 is 0 Å². The van der Waals surface area contributed by atoms with Crippen LogP contribution in [0.5, 0.6) is 5.75 Å². The van der Waals surface area contributed by atoms with Crippen LogP contribution in [0, 0.1) is 0 Å². The lowest BCUT2D eigenvalue weighted by molar-refractivity contribution is 0.00463. The van der Waals surface area contributed by atoms with Crippen molar-refractivity contribution >= 4 is 11.7 Å². The third-order valence-electron chi connectivity index (χ3n) is 4.43. The Morgan fingerprint density at radius 3 is 2.81 bits per heavy atom. The van der Waals surface area contributed by atoms with E-state index in [2.05, 4.69) is 5.32 Å². The average molecular weight is 354 g/mol. The Balaban J connectivity index is 1.51. The van der Waals surface area contributed by atoms with Gasteiger partial charge in [0.2, 0.25) is 0 Å². The maximum Gasteiger partial charge on any atom is 0.321 e. The molecule has 0 radical (unpaired) electrons. The van der Waals surface area contributed by atoms with Crippen molar-refractivity contribution in [2.75, 3.05) is 25.5 Å². The number of hydrogen-bond donors (Lipinski definition) is 1. The summed E-state index contributed by atoms with van der Waals surface area (Å²) in [5, 5.41) is 2.92. The van der Waals surface area contributed by atoms with E-state index in [9.17, 15) is 4.79 Å². The van der Waals surface area contributed by atoms with Crippen molar-refractivity contribution in [2.45, 2.75) is 32.0 Å². The molecule has 1 heterocycles. The molecule has 1 N–H and O–H groups in total. The molecule has 2 aromatic rings. The van der Waals surface area contributed by atoms with Gasteiger partial charge in [0.15, 0.2) is 0 Å². The Morgan fingerprint density at radius 2 is 2.04 bits per heavy atom. The van der Waals surface area contributed by atoms with E-state index >= 15 is 0 Å². The molecule has 0 saturated carbocycles. The number of benzene rings is 2. The number of amides is 2. The van der Waals surface area contributed by atoms with Gasteiger partial charge in [0.1, 0.15) is 12.4 Å². The second-order valence-electron chi connectivity index (χ2n) is 6.60. The third kappa shape index (κ3) is 5.49. The maximum absolute atomic E-state index is 12.4. The minimum absolute atomic E-state index is 0.139. The van der Waals surface area contributed by atoms with E-state index in [0.29, 0.717) is 13.2 Å². The van der Waals surface area contributed by atoms with Gasteiger partial charge in [-0.2, -0.15) is 0 Å². The summed E-state index contributed by atoms with van der Waals surface area (Å²) in [5.74, 6) is 0.727. The largest absolute Gasteiger partial charge is 0.489 e. The molecule has 0 aromatic heterocycles. The first kappa shape index (κ1) is 18.3. The molecule has 2 aromatic carbocycles. The summed E-state index contributed by atoms with van der Waals surface area (Å²) >= 11 is 0. The van der Waals surface area contributed by atoms with Crippen LogP contribution in [0.3, 0.4) is 0 Å². The van der Waals surface area contributed by atoms with E-state index in [-0.39, 0.29) is 12.1 Å². The Kier molecular flexibility index (Phi) is 6.50. The number of anilines is 1. The van der Waals surface area contributed by atoms with Crippen molar-refractivity contribution in [3.05, 3.63) is 60.2 Å². The van der Waals surface area contributed by atoms with Crippen LogP contribution in [0.4, 0.5) is 10.5 Å². The number of carbonyl (C=O) groups is 1. The van der Waals surface area contributed by atoms with Gasteiger partial charge in [-0.25, -0.2) is 4.79 Å². The van der Waals surface area contributed by atoms with Crippen LogP contribution in [0.15, 0.2) is 54.6 Å². The van der Waals surface area contributed by atoms with Gasteiger partial charge in [-0.15, -0.1) is 0 Å². The SMILES string of the molecule is CN(C[C@@H]1CCCCO1)C(=O)Nc1cccc(OCc2ccccc2)c1. The number of hydrogen-bond acceptors (Lipinski definition) is 3. The Morgan fingerprint density at radius 1 is 1.19 bits per heavy atom. The van der Waals surface area contributed by atoms with Gasteiger partial charge in [0, 0.05) is 32.0 Å². The topological polar surface area (TPSA) is 50.8 Å². The van der Waals surface area contributed by atoms with Crippen molar-refractivity contribution in [1.29, 1.82) is 0 Å². The summed E-state index contributed by atoms with van der Waals surface area (Å²) in [6.45, 7) is 1.90. The predicted molar refractivity (Wildman–Crippen MR) is 102 cm³/mol. The summed E-state index contributed by atoms with van der Waals surface area (Å²) in [6.07, 6.45) is 3.43. The van der Waals surface area contributed by atoms with E-state index in [0.717, 1.165) is 36.4 Å². The van der Waals surface area contributed by atoms with Crippen LogP contribution in [0.25, 0.3) is 0 Å². The molecule has 5 heteroatoms.